The minimum atomic E-state index is -0.184. The maximum atomic E-state index is 9.36. The molecule has 3 nitrogen and oxygen atoms in total. The van der Waals surface area contributed by atoms with Crippen molar-refractivity contribution in [2.45, 2.75) is 38.2 Å². The molecule has 0 aliphatic rings. The van der Waals surface area contributed by atoms with Crippen molar-refractivity contribution in [1.29, 1.82) is 0 Å². The lowest BCUT2D eigenvalue weighted by molar-refractivity contribution is 0.159. The van der Waals surface area contributed by atoms with Crippen molar-refractivity contribution >= 4 is 11.8 Å². The highest BCUT2D eigenvalue weighted by molar-refractivity contribution is 7.97. The van der Waals surface area contributed by atoms with Gasteiger partial charge in [0.1, 0.15) is 11.5 Å². The van der Waals surface area contributed by atoms with Crippen LogP contribution < -0.4 is 5.32 Å². The van der Waals surface area contributed by atoms with Crippen molar-refractivity contribution < 1.29 is 9.52 Å². The number of nitrogens with one attached hydrogen (secondary N) is 1. The molecule has 1 unspecified atom stereocenters. The number of aliphatic hydroxyl groups is 1. The third-order valence-corrected chi connectivity index (χ3v) is 3.00. The molecule has 0 radical (unpaired) electrons. The molecule has 4 heteroatoms. The van der Waals surface area contributed by atoms with Gasteiger partial charge in [-0.05, 0) is 37.8 Å². The zero-order valence-corrected chi connectivity index (χ0v) is 10.8. The second-order valence-corrected chi connectivity index (χ2v) is 4.69. The lowest BCUT2D eigenvalue weighted by Gasteiger charge is -2.07. The molecule has 0 spiro atoms. The summed E-state index contributed by atoms with van der Waals surface area (Å²) in [7, 11) is 0. The van der Waals surface area contributed by atoms with Gasteiger partial charge in [0.05, 0.1) is 18.4 Å². The molecule has 1 atom stereocenters. The van der Waals surface area contributed by atoms with Crippen LogP contribution in [0.1, 0.15) is 31.3 Å². The van der Waals surface area contributed by atoms with Crippen LogP contribution in [-0.2, 0) is 12.3 Å². The maximum absolute atomic E-state index is 9.36. The van der Waals surface area contributed by atoms with Crippen molar-refractivity contribution in [2.75, 3.05) is 12.8 Å². The Kier molecular flexibility index (Phi) is 6.61. The molecule has 0 aliphatic heterocycles. The van der Waals surface area contributed by atoms with Gasteiger partial charge in [0.2, 0.25) is 0 Å². The zero-order chi connectivity index (χ0) is 11.8. The summed E-state index contributed by atoms with van der Waals surface area (Å²) >= 11 is 1.76. The van der Waals surface area contributed by atoms with E-state index in [1.54, 1.807) is 11.8 Å². The van der Waals surface area contributed by atoms with E-state index in [4.69, 9.17) is 4.42 Å². The minimum absolute atomic E-state index is 0.184. The standard InChI is InChI=1S/C12H21NO2S/c1-3-10(14)6-7-13-8-11-4-5-12(15-11)9-16-2/h4-5,10,13-14H,3,6-9H2,1-2H3. The molecule has 2 N–H and O–H groups in total. The maximum Gasteiger partial charge on any atom is 0.117 e. The monoisotopic (exact) mass is 243 g/mol. The Hall–Kier alpha value is -0.450. The molecule has 0 fully saturated rings. The lowest BCUT2D eigenvalue weighted by Crippen LogP contribution is -2.19. The van der Waals surface area contributed by atoms with E-state index in [0.717, 1.165) is 43.2 Å². The summed E-state index contributed by atoms with van der Waals surface area (Å²) in [5.41, 5.74) is 0. The summed E-state index contributed by atoms with van der Waals surface area (Å²) in [5.74, 6) is 2.92. The summed E-state index contributed by atoms with van der Waals surface area (Å²) in [5, 5.41) is 12.6. The van der Waals surface area contributed by atoms with E-state index in [1.165, 1.54) is 0 Å². The molecule has 1 rings (SSSR count). The molecule has 92 valence electrons. The minimum Gasteiger partial charge on any atom is -0.464 e. The third-order valence-electron chi connectivity index (χ3n) is 2.43. The van der Waals surface area contributed by atoms with E-state index < -0.39 is 0 Å². The number of aliphatic hydroxyl groups excluding tert-OH is 1. The highest BCUT2D eigenvalue weighted by atomic mass is 32.2. The van der Waals surface area contributed by atoms with E-state index in [9.17, 15) is 5.11 Å². The number of hydrogen-bond donors (Lipinski definition) is 2. The molecule has 0 bridgehead atoms. The van der Waals surface area contributed by atoms with Crippen LogP contribution in [0.2, 0.25) is 0 Å². The highest BCUT2D eigenvalue weighted by Crippen LogP contribution is 2.13. The fourth-order valence-electron chi connectivity index (χ4n) is 1.42. The molecular weight excluding hydrogens is 222 g/mol. The SMILES string of the molecule is CCC(O)CCNCc1ccc(CSC)o1. The first kappa shape index (κ1) is 13.6. The molecule has 1 heterocycles. The van der Waals surface area contributed by atoms with Crippen molar-refractivity contribution in [3.05, 3.63) is 23.7 Å². The van der Waals surface area contributed by atoms with Crippen LogP contribution in [0.5, 0.6) is 0 Å². The van der Waals surface area contributed by atoms with Crippen LogP contribution in [0.25, 0.3) is 0 Å². The lowest BCUT2D eigenvalue weighted by atomic mass is 10.2. The van der Waals surface area contributed by atoms with Gasteiger partial charge in [-0.15, -0.1) is 0 Å². The summed E-state index contributed by atoms with van der Waals surface area (Å²) in [6.45, 7) is 3.56. The van der Waals surface area contributed by atoms with Crippen LogP contribution in [0.3, 0.4) is 0 Å². The first-order valence-corrected chi connectivity index (χ1v) is 7.11. The molecule has 16 heavy (non-hydrogen) atoms. The first-order chi connectivity index (χ1) is 7.76. The molecule has 0 amide bonds. The summed E-state index contributed by atoms with van der Waals surface area (Å²) in [4.78, 5) is 0. The largest absolute Gasteiger partial charge is 0.464 e. The van der Waals surface area contributed by atoms with Crippen molar-refractivity contribution in [2.24, 2.45) is 0 Å². The Morgan fingerprint density at radius 2 is 2.19 bits per heavy atom. The van der Waals surface area contributed by atoms with Crippen molar-refractivity contribution in [3.8, 4) is 0 Å². The van der Waals surface area contributed by atoms with E-state index in [2.05, 4.69) is 11.6 Å². The molecule has 1 aromatic rings. The quantitative estimate of drug-likeness (QED) is 0.688. The van der Waals surface area contributed by atoms with E-state index >= 15 is 0 Å². The van der Waals surface area contributed by atoms with Crippen molar-refractivity contribution in [1.82, 2.24) is 5.32 Å². The second-order valence-electron chi connectivity index (χ2n) is 3.83. The molecular formula is C12H21NO2S. The second kappa shape index (κ2) is 7.76. The van der Waals surface area contributed by atoms with Crippen molar-refractivity contribution in [3.63, 3.8) is 0 Å². The predicted octanol–water partition coefficient (Wildman–Crippen LogP) is 2.39. The summed E-state index contributed by atoms with van der Waals surface area (Å²) in [6, 6.07) is 4.03. The Bertz CT molecular complexity index is 288. The first-order valence-electron chi connectivity index (χ1n) is 5.71. The number of furan rings is 1. The third kappa shape index (κ3) is 5.05. The fraction of sp³-hybridized carbons (Fsp3) is 0.667. The molecule has 0 saturated carbocycles. The molecule has 0 aliphatic carbocycles. The normalized spacial score (nSPS) is 12.9. The number of hydrogen-bond acceptors (Lipinski definition) is 4. The van der Waals surface area contributed by atoms with Gasteiger partial charge in [-0.25, -0.2) is 0 Å². The topological polar surface area (TPSA) is 45.4 Å². The molecule has 0 aromatic carbocycles. The molecule has 1 aromatic heterocycles. The van der Waals surface area contributed by atoms with Gasteiger partial charge in [-0.2, -0.15) is 11.8 Å². The van der Waals surface area contributed by atoms with Gasteiger partial charge in [-0.1, -0.05) is 6.92 Å². The fourth-order valence-corrected chi connectivity index (χ4v) is 1.86. The Labute approximate surface area is 102 Å². The summed E-state index contributed by atoms with van der Waals surface area (Å²) < 4.78 is 5.61. The Morgan fingerprint density at radius 1 is 1.44 bits per heavy atom. The van der Waals surface area contributed by atoms with Crippen LogP contribution >= 0.6 is 11.8 Å². The van der Waals surface area contributed by atoms with Gasteiger partial charge < -0.3 is 14.8 Å². The smallest absolute Gasteiger partial charge is 0.117 e. The van der Waals surface area contributed by atoms with Gasteiger partial charge in [-0.3, -0.25) is 0 Å². The van der Waals surface area contributed by atoms with Crippen LogP contribution in [-0.4, -0.2) is 24.0 Å². The Balaban J connectivity index is 2.16. The van der Waals surface area contributed by atoms with Crippen LogP contribution in [0.4, 0.5) is 0 Å². The van der Waals surface area contributed by atoms with Gasteiger partial charge in [0.25, 0.3) is 0 Å². The van der Waals surface area contributed by atoms with Crippen LogP contribution in [0.15, 0.2) is 16.5 Å². The average Bonchev–Trinajstić information content (AvgIpc) is 2.72. The average molecular weight is 243 g/mol. The van der Waals surface area contributed by atoms with E-state index in [-0.39, 0.29) is 6.10 Å². The Morgan fingerprint density at radius 3 is 2.88 bits per heavy atom. The van der Waals surface area contributed by atoms with E-state index in [1.807, 2.05) is 19.1 Å². The number of thioether (sulfide) groups is 1. The summed E-state index contributed by atoms with van der Waals surface area (Å²) in [6.07, 6.45) is 3.50. The zero-order valence-electron chi connectivity index (χ0n) is 10.0. The van der Waals surface area contributed by atoms with Gasteiger partial charge >= 0.3 is 0 Å². The molecule has 0 saturated heterocycles. The van der Waals surface area contributed by atoms with Crippen LogP contribution in [0, 0.1) is 0 Å². The highest BCUT2D eigenvalue weighted by Gasteiger charge is 2.02. The van der Waals surface area contributed by atoms with Gasteiger partial charge in [0.15, 0.2) is 0 Å². The predicted molar refractivity (Wildman–Crippen MR) is 68.5 cm³/mol. The number of rotatable bonds is 8. The van der Waals surface area contributed by atoms with E-state index in [0.29, 0.717) is 0 Å². The van der Waals surface area contributed by atoms with Gasteiger partial charge in [0, 0.05) is 0 Å².